The van der Waals surface area contributed by atoms with Crippen LogP contribution in [0.2, 0.25) is 0 Å². The van der Waals surface area contributed by atoms with E-state index >= 15 is 0 Å². The van der Waals surface area contributed by atoms with Crippen LogP contribution in [0.4, 0.5) is 5.69 Å². The molecule has 1 rings (SSSR count). The van der Waals surface area contributed by atoms with Crippen molar-refractivity contribution in [3.05, 3.63) is 26.8 Å². The molecule has 0 aliphatic rings. The van der Waals surface area contributed by atoms with Crippen molar-refractivity contribution in [2.24, 2.45) is 5.84 Å². The Hall–Kier alpha value is -0.290. The highest BCUT2D eigenvalue weighted by atomic mass is 127. The lowest BCUT2D eigenvalue weighted by Crippen LogP contribution is -2.11. The van der Waals surface area contributed by atoms with Crippen molar-refractivity contribution in [1.82, 2.24) is 0 Å². The number of anilines is 1. The second-order valence-corrected chi connectivity index (χ2v) is 4.73. The molecule has 0 radical (unpaired) electrons. The van der Waals surface area contributed by atoms with Crippen LogP contribution >= 0.6 is 22.6 Å². The standard InChI is InChI=1S/C10H15IN2/c1-6(2)9-5-8(11)4-7(3)10(9)13-12/h4-6,13H,12H2,1-3H3. The molecular formula is C10H15IN2. The minimum Gasteiger partial charge on any atom is -0.324 e. The molecule has 2 nitrogen and oxygen atoms in total. The van der Waals surface area contributed by atoms with Crippen molar-refractivity contribution in [3.63, 3.8) is 0 Å². The number of benzene rings is 1. The number of nitrogens with one attached hydrogen (secondary N) is 1. The Morgan fingerprint density at radius 2 is 2.00 bits per heavy atom. The molecule has 0 bridgehead atoms. The lowest BCUT2D eigenvalue weighted by atomic mass is 9.98. The quantitative estimate of drug-likeness (QED) is 0.499. The predicted molar refractivity (Wildman–Crippen MR) is 65.8 cm³/mol. The Balaban J connectivity index is 3.29. The van der Waals surface area contributed by atoms with Gasteiger partial charge < -0.3 is 5.43 Å². The summed E-state index contributed by atoms with van der Waals surface area (Å²) in [5, 5.41) is 0. The smallest absolute Gasteiger partial charge is 0.0549 e. The zero-order valence-corrected chi connectivity index (χ0v) is 10.3. The maximum Gasteiger partial charge on any atom is 0.0549 e. The van der Waals surface area contributed by atoms with Gasteiger partial charge >= 0.3 is 0 Å². The van der Waals surface area contributed by atoms with Crippen LogP contribution in [0.3, 0.4) is 0 Å². The van der Waals surface area contributed by atoms with Gasteiger partial charge in [-0.25, -0.2) is 0 Å². The van der Waals surface area contributed by atoms with Crippen molar-refractivity contribution in [2.45, 2.75) is 26.7 Å². The van der Waals surface area contributed by atoms with Crippen LogP contribution in [-0.2, 0) is 0 Å². The first-order valence-electron chi connectivity index (χ1n) is 4.33. The first-order chi connectivity index (χ1) is 6.06. The van der Waals surface area contributed by atoms with Gasteiger partial charge in [0.15, 0.2) is 0 Å². The molecule has 0 fully saturated rings. The number of halogens is 1. The Bertz CT molecular complexity index is 308. The molecule has 0 aromatic heterocycles. The van der Waals surface area contributed by atoms with Crippen LogP contribution in [0.25, 0.3) is 0 Å². The monoisotopic (exact) mass is 290 g/mol. The molecule has 0 spiro atoms. The first-order valence-corrected chi connectivity index (χ1v) is 5.40. The Kier molecular flexibility index (Phi) is 3.55. The van der Waals surface area contributed by atoms with Gasteiger partial charge in [-0.1, -0.05) is 13.8 Å². The summed E-state index contributed by atoms with van der Waals surface area (Å²) in [6, 6.07) is 4.30. The molecule has 13 heavy (non-hydrogen) atoms. The molecule has 0 aliphatic heterocycles. The summed E-state index contributed by atoms with van der Waals surface area (Å²) in [4.78, 5) is 0. The Morgan fingerprint density at radius 1 is 1.38 bits per heavy atom. The van der Waals surface area contributed by atoms with E-state index in [1.807, 2.05) is 0 Å². The fraction of sp³-hybridized carbons (Fsp3) is 0.400. The van der Waals surface area contributed by atoms with E-state index < -0.39 is 0 Å². The van der Waals surface area contributed by atoms with Gasteiger partial charge in [0, 0.05) is 3.57 Å². The average molecular weight is 290 g/mol. The Labute approximate surface area is 93.0 Å². The van der Waals surface area contributed by atoms with Gasteiger partial charge in [-0.3, -0.25) is 5.84 Å². The number of hydrogen-bond donors (Lipinski definition) is 2. The summed E-state index contributed by atoms with van der Waals surface area (Å²) >= 11 is 2.33. The van der Waals surface area contributed by atoms with Crippen LogP contribution in [0.5, 0.6) is 0 Å². The van der Waals surface area contributed by atoms with Crippen molar-refractivity contribution in [3.8, 4) is 0 Å². The highest BCUT2D eigenvalue weighted by molar-refractivity contribution is 14.1. The molecule has 0 heterocycles. The number of aryl methyl sites for hydroxylation is 1. The lowest BCUT2D eigenvalue weighted by molar-refractivity contribution is 0.864. The molecule has 72 valence electrons. The number of nitrogen functional groups attached to an aromatic ring is 1. The van der Waals surface area contributed by atoms with Crippen LogP contribution in [0.15, 0.2) is 12.1 Å². The van der Waals surface area contributed by atoms with Gasteiger partial charge in [0.1, 0.15) is 0 Å². The largest absolute Gasteiger partial charge is 0.324 e. The summed E-state index contributed by atoms with van der Waals surface area (Å²) in [5.41, 5.74) is 6.33. The van der Waals surface area contributed by atoms with Crippen LogP contribution in [0, 0.1) is 10.5 Å². The first kappa shape index (κ1) is 10.8. The highest BCUT2D eigenvalue weighted by Crippen LogP contribution is 2.28. The third-order valence-corrected chi connectivity index (χ3v) is 2.72. The van der Waals surface area contributed by atoms with Gasteiger partial charge in [-0.05, 0) is 58.7 Å². The van der Waals surface area contributed by atoms with Gasteiger partial charge in [-0.2, -0.15) is 0 Å². The van der Waals surface area contributed by atoms with E-state index in [0.29, 0.717) is 5.92 Å². The summed E-state index contributed by atoms with van der Waals surface area (Å²) < 4.78 is 1.26. The minimum absolute atomic E-state index is 0.500. The van der Waals surface area contributed by atoms with Gasteiger partial charge in [0.2, 0.25) is 0 Å². The molecule has 3 heteroatoms. The molecular weight excluding hydrogens is 275 g/mol. The maximum absolute atomic E-state index is 5.49. The van der Waals surface area contributed by atoms with E-state index in [1.54, 1.807) is 0 Å². The van der Waals surface area contributed by atoms with Gasteiger partial charge in [0.05, 0.1) is 5.69 Å². The molecule has 0 saturated heterocycles. The van der Waals surface area contributed by atoms with E-state index in [2.05, 4.69) is 60.9 Å². The fourth-order valence-corrected chi connectivity index (χ4v) is 2.22. The normalized spacial score (nSPS) is 10.6. The number of hydrogen-bond acceptors (Lipinski definition) is 2. The third-order valence-electron chi connectivity index (χ3n) is 2.10. The van der Waals surface area contributed by atoms with Crippen LogP contribution < -0.4 is 11.3 Å². The van der Waals surface area contributed by atoms with Gasteiger partial charge in [-0.15, -0.1) is 0 Å². The number of rotatable bonds is 2. The minimum atomic E-state index is 0.500. The summed E-state index contributed by atoms with van der Waals surface area (Å²) in [5.74, 6) is 5.99. The topological polar surface area (TPSA) is 38.0 Å². The van der Waals surface area contributed by atoms with Crippen molar-refractivity contribution < 1.29 is 0 Å². The fourth-order valence-electron chi connectivity index (χ4n) is 1.42. The van der Waals surface area contributed by atoms with E-state index in [9.17, 15) is 0 Å². The summed E-state index contributed by atoms with van der Waals surface area (Å²) in [7, 11) is 0. The molecule has 0 unspecified atom stereocenters. The predicted octanol–water partition coefficient (Wildman–Crippen LogP) is 3.01. The molecule has 3 N–H and O–H groups in total. The van der Waals surface area contributed by atoms with E-state index in [-0.39, 0.29) is 0 Å². The molecule has 0 aliphatic carbocycles. The van der Waals surface area contributed by atoms with Gasteiger partial charge in [0.25, 0.3) is 0 Å². The van der Waals surface area contributed by atoms with Crippen molar-refractivity contribution in [1.29, 1.82) is 0 Å². The van der Waals surface area contributed by atoms with E-state index in [1.165, 1.54) is 14.7 Å². The van der Waals surface area contributed by atoms with Crippen molar-refractivity contribution in [2.75, 3.05) is 5.43 Å². The van der Waals surface area contributed by atoms with E-state index in [0.717, 1.165) is 5.69 Å². The SMILES string of the molecule is Cc1cc(I)cc(C(C)C)c1NN. The molecule has 0 amide bonds. The Morgan fingerprint density at radius 3 is 2.46 bits per heavy atom. The maximum atomic E-state index is 5.49. The third kappa shape index (κ3) is 2.34. The zero-order valence-electron chi connectivity index (χ0n) is 8.19. The van der Waals surface area contributed by atoms with E-state index in [4.69, 9.17) is 5.84 Å². The molecule has 1 aromatic rings. The summed E-state index contributed by atoms with van der Waals surface area (Å²) in [6.07, 6.45) is 0. The second kappa shape index (κ2) is 4.28. The van der Waals surface area contributed by atoms with Crippen LogP contribution in [-0.4, -0.2) is 0 Å². The highest BCUT2D eigenvalue weighted by Gasteiger charge is 2.09. The molecule has 0 atom stereocenters. The number of hydrazine groups is 1. The van der Waals surface area contributed by atoms with Crippen LogP contribution in [0.1, 0.15) is 30.9 Å². The molecule has 0 saturated carbocycles. The summed E-state index contributed by atoms with van der Waals surface area (Å²) in [6.45, 7) is 6.42. The zero-order chi connectivity index (χ0) is 10.0. The average Bonchev–Trinajstić information content (AvgIpc) is 2.02. The lowest BCUT2D eigenvalue weighted by Gasteiger charge is -2.15. The number of nitrogens with two attached hydrogens (primary N) is 1. The molecule has 1 aromatic carbocycles. The van der Waals surface area contributed by atoms with Crippen molar-refractivity contribution >= 4 is 28.3 Å². The second-order valence-electron chi connectivity index (χ2n) is 3.49.